The van der Waals surface area contributed by atoms with Crippen molar-refractivity contribution < 1.29 is 23.5 Å². The molecular weight excluding hydrogens is 448 g/mol. The molecule has 10 heteroatoms. The van der Waals surface area contributed by atoms with Gasteiger partial charge in [0.25, 0.3) is 11.8 Å². The number of amides is 2. The van der Waals surface area contributed by atoms with E-state index in [1.54, 1.807) is 11.0 Å². The molecule has 2 N–H and O–H groups in total. The molecule has 0 spiro atoms. The number of carbonyl (C=O) groups is 2. The van der Waals surface area contributed by atoms with Crippen LogP contribution in [0.15, 0.2) is 30.3 Å². The molecule has 1 aliphatic heterocycles. The van der Waals surface area contributed by atoms with E-state index in [-0.39, 0.29) is 34.9 Å². The van der Waals surface area contributed by atoms with Crippen LogP contribution < -0.4 is 15.2 Å². The lowest BCUT2D eigenvalue weighted by Crippen LogP contribution is -2.48. The summed E-state index contributed by atoms with van der Waals surface area (Å²) >= 11 is 12.4. The number of ether oxygens (including phenoxy) is 2. The second kappa shape index (κ2) is 10.2. The third-order valence-electron chi connectivity index (χ3n) is 4.90. The topological polar surface area (TPSA) is 85.1 Å². The minimum atomic E-state index is -0.655. The average Bonchev–Trinajstić information content (AvgIpc) is 2.74. The summed E-state index contributed by atoms with van der Waals surface area (Å²) in [5.74, 6) is -0.828. The summed E-state index contributed by atoms with van der Waals surface area (Å²) in [6.07, 6.45) is 0. The van der Waals surface area contributed by atoms with Gasteiger partial charge < -0.3 is 20.1 Å². The standard InChI is InChI=1S/C21H22Cl2FN3O4/c1-30-18-9-14(8-17(23)20(18)31-12-19(25)28)21(29)27-6-4-26(5-7-27)11-13-2-3-15(24)10-16(13)22/h2-3,8-10H,4-7,11-12H2,1H3,(H2,25,28). The average molecular weight is 470 g/mol. The number of nitrogens with zero attached hydrogens (tertiary/aromatic N) is 2. The van der Waals surface area contributed by atoms with E-state index in [9.17, 15) is 14.0 Å². The van der Waals surface area contributed by atoms with Gasteiger partial charge >= 0.3 is 0 Å². The second-order valence-corrected chi connectivity index (χ2v) is 7.86. The highest BCUT2D eigenvalue weighted by Gasteiger charge is 2.25. The van der Waals surface area contributed by atoms with Gasteiger partial charge in [-0.2, -0.15) is 0 Å². The Morgan fingerprint density at radius 1 is 1.10 bits per heavy atom. The Balaban J connectivity index is 1.64. The summed E-state index contributed by atoms with van der Waals surface area (Å²) in [6.45, 7) is 2.53. The summed E-state index contributed by atoms with van der Waals surface area (Å²) in [5.41, 5.74) is 6.28. The molecule has 0 unspecified atom stereocenters. The van der Waals surface area contributed by atoms with E-state index in [1.807, 2.05) is 0 Å². The van der Waals surface area contributed by atoms with Crippen LogP contribution in [0.2, 0.25) is 10.0 Å². The maximum atomic E-state index is 13.2. The van der Waals surface area contributed by atoms with Crippen molar-refractivity contribution in [3.63, 3.8) is 0 Å². The first kappa shape index (κ1) is 23.1. The highest BCUT2D eigenvalue weighted by molar-refractivity contribution is 6.32. The number of benzene rings is 2. The van der Waals surface area contributed by atoms with Gasteiger partial charge in [-0.3, -0.25) is 14.5 Å². The van der Waals surface area contributed by atoms with E-state index >= 15 is 0 Å². The third-order valence-corrected chi connectivity index (χ3v) is 5.54. The SMILES string of the molecule is COc1cc(C(=O)N2CCN(Cc3ccc(F)cc3Cl)CC2)cc(Cl)c1OCC(N)=O. The number of carbonyl (C=O) groups excluding carboxylic acids is 2. The molecule has 2 amide bonds. The fourth-order valence-electron chi connectivity index (χ4n) is 3.31. The molecule has 0 bridgehead atoms. The van der Waals surface area contributed by atoms with Crippen molar-refractivity contribution in [1.29, 1.82) is 0 Å². The Hall–Kier alpha value is -2.55. The zero-order chi connectivity index (χ0) is 22.5. The van der Waals surface area contributed by atoms with Crippen molar-refractivity contribution in [1.82, 2.24) is 9.80 Å². The number of hydrogen-bond donors (Lipinski definition) is 1. The Kier molecular flexibility index (Phi) is 7.59. The van der Waals surface area contributed by atoms with Gasteiger partial charge in [-0.1, -0.05) is 29.3 Å². The number of hydrogen-bond acceptors (Lipinski definition) is 5. The summed E-state index contributed by atoms with van der Waals surface area (Å²) < 4.78 is 23.8. The van der Waals surface area contributed by atoms with E-state index in [4.69, 9.17) is 38.4 Å². The molecule has 2 aromatic rings. The van der Waals surface area contributed by atoms with E-state index in [1.165, 1.54) is 31.4 Å². The molecule has 0 saturated carbocycles. The third kappa shape index (κ3) is 5.78. The lowest BCUT2D eigenvalue weighted by molar-refractivity contribution is -0.119. The summed E-state index contributed by atoms with van der Waals surface area (Å²) in [7, 11) is 1.41. The van der Waals surface area contributed by atoms with E-state index in [2.05, 4.69) is 4.90 Å². The molecule has 0 radical (unpaired) electrons. The monoisotopic (exact) mass is 469 g/mol. The summed E-state index contributed by atoms with van der Waals surface area (Å²) in [5, 5.41) is 0.535. The van der Waals surface area contributed by atoms with Gasteiger partial charge in [0.1, 0.15) is 5.82 Å². The van der Waals surface area contributed by atoms with Crippen molar-refractivity contribution in [2.45, 2.75) is 6.54 Å². The maximum absolute atomic E-state index is 13.2. The van der Waals surface area contributed by atoms with Crippen molar-refractivity contribution in [3.05, 3.63) is 57.3 Å². The fourth-order valence-corrected chi connectivity index (χ4v) is 3.80. The van der Waals surface area contributed by atoms with Gasteiger partial charge in [-0.05, 0) is 29.8 Å². The Morgan fingerprint density at radius 3 is 2.42 bits per heavy atom. The van der Waals surface area contributed by atoms with Gasteiger partial charge in [0.15, 0.2) is 18.1 Å². The molecule has 3 rings (SSSR count). The van der Waals surface area contributed by atoms with Crippen LogP contribution in [0.3, 0.4) is 0 Å². The highest BCUT2D eigenvalue weighted by Crippen LogP contribution is 2.36. The Bertz CT molecular complexity index is 981. The molecule has 31 heavy (non-hydrogen) atoms. The first-order valence-corrected chi connectivity index (χ1v) is 10.3. The van der Waals surface area contributed by atoms with Crippen molar-refractivity contribution in [2.24, 2.45) is 5.73 Å². The Labute approximate surface area is 189 Å². The zero-order valence-corrected chi connectivity index (χ0v) is 18.4. The largest absolute Gasteiger partial charge is 0.493 e. The number of halogens is 3. The van der Waals surface area contributed by atoms with Crippen LogP contribution >= 0.6 is 23.2 Å². The fraction of sp³-hybridized carbons (Fsp3) is 0.333. The molecule has 7 nitrogen and oxygen atoms in total. The smallest absolute Gasteiger partial charge is 0.255 e. The van der Waals surface area contributed by atoms with Crippen molar-refractivity contribution >= 4 is 35.0 Å². The van der Waals surface area contributed by atoms with Crippen LogP contribution in [0.25, 0.3) is 0 Å². The first-order chi connectivity index (χ1) is 14.8. The van der Waals surface area contributed by atoms with Crippen LogP contribution in [0.5, 0.6) is 11.5 Å². The number of primary amides is 1. The molecule has 166 valence electrons. The predicted molar refractivity (Wildman–Crippen MR) is 115 cm³/mol. The predicted octanol–water partition coefficient (Wildman–Crippen LogP) is 2.96. The van der Waals surface area contributed by atoms with E-state index < -0.39 is 5.91 Å². The molecule has 1 heterocycles. The zero-order valence-electron chi connectivity index (χ0n) is 16.9. The van der Waals surface area contributed by atoms with Crippen molar-refractivity contribution in [3.8, 4) is 11.5 Å². The maximum Gasteiger partial charge on any atom is 0.255 e. The number of piperazine rings is 1. The summed E-state index contributed by atoms with van der Waals surface area (Å²) in [4.78, 5) is 27.8. The van der Waals surface area contributed by atoms with Crippen LogP contribution in [-0.2, 0) is 11.3 Å². The molecular formula is C21H22Cl2FN3O4. The van der Waals surface area contributed by atoms with Gasteiger partial charge in [-0.15, -0.1) is 0 Å². The molecule has 0 aliphatic carbocycles. The van der Waals surface area contributed by atoms with Gasteiger partial charge in [0.2, 0.25) is 0 Å². The molecule has 1 fully saturated rings. The van der Waals surface area contributed by atoms with Crippen LogP contribution in [-0.4, -0.2) is 61.5 Å². The normalized spacial score (nSPS) is 14.4. The minimum absolute atomic E-state index is 0.147. The number of nitrogens with two attached hydrogens (primary N) is 1. The lowest BCUT2D eigenvalue weighted by atomic mass is 10.1. The highest BCUT2D eigenvalue weighted by atomic mass is 35.5. The van der Waals surface area contributed by atoms with Gasteiger partial charge in [-0.25, -0.2) is 4.39 Å². The van der Waals surface area contributed by atoms with E-state index in [0.717, 1.165) is 5.56 Å². The molecule has 0 atom stereocenters. The first-order valence-electron chi connectivity index (χ1n) is 9.52. The van der Waals surface area contributed by atoms with Gasteiger partial charge in [0.05, 0.1) is 12.1 Å². The molecule has 1 saturated heterocycles. The second-order valence-electron chi connectivity index (χ2n) is 7.05. The summed E-state index contributed by atoms with van der Waals surface area (Å²) in [6, 6.07) is 7.35. The van der Waals surface area contributed by atoms with Crippen LogP contribution in [0.1, 0.15) is 15.9 Å². The molecule has 0 aromatic heterocycles. The van der Waals surface area contributed by atoms with Gasteiger partial charge in [0, 0.05) is 43.3 Å². The lowest BCUT2D eigenvalue weighted by Gasteiger charge is -2.35. The van der Waals surface area contributed by atoms with Crippen LogP contribution in [0, 0.1) is 5.82 Å². The van der Waals surface area contributed by atoms with Crippen LogP contribution in [0.4, 0.5) is 4.39 Å². The quantitative estimate of drug-likeness (QED) is 0.673. The number of rotatable bonds is 7. The molecule has 1 aliphatic rings. The molecule has 2 aromatic carbocycles. The van der Waals surface area contributed by atoms with Crippen molar-refractivity contribution in [2.75, 3.05) is 39.9 Å². The van der Waals surface area contributed by atoms with E-state index in [0.29, 0.717) is 43.3 Å². The Morgan fingerprint density at radius 2 is 1.81 bits per heavy atom. The minimum Gasteiger partial charge on any atom is -0.493 e. The number of methoxy groups -OCH3 is 1.